The van der Waals surface area contributed by atoms with Crippen LogP contribution in [0.5, 0.6) is 0 Å². The molecule has 100 valence electrons. The lowest BCUT2D eigenvalue weighted by molar-refractivity contribution is 0.599. The number of hydrogen-bond acceptors (Lipinski definition) is 3. The lowest BCUT2D eigenvalue weighted by Gasteiger charge is -2.19. The van der Waals surface area contributed by atoms with E-state index in [1.54, 1.807) is 24.5 Å². The van der Waals surface area contributed by atoms with Gasteiger partial charge in [0.2, 0.25) is 0 Å². The molecular weight excluding hydrogens is 241 g/mol. The van der Waals surface area contributed by atoms with Crippen LogP contribution in [0, 0.1) is 19.7 Å². The van der Waals surface area contributed by atoms with Gasteiger partial charge in [0.25, 0.3) is 0 Å². The quantitative estimate of drug-likeness (QED) is 0.917. The van der Waals surface area contributed by atoms with Gasteiger partial charge in [-0.3, -0.25) is 9.97 Å². The Morgan fingerprint density at radius 2 is 2.00 bits per heavy atom. The normalized spacial score (nSPS) is 12.4. The van der Waals surface area contributed by atoms with Gasteiger partial charge in [-0.05, 0) is 43.7 Å². The van der Waals surface area contributed by atoms with E-state index in [2.05, 4.69) is 15.3 Å². The number of aromatic nitrogens is 2. The zero-order chi connectivity index (χ0) is 13.8. The summed E-state index contributed by atoms with van der Waals surface area (Å²) in [7, 11) is 0. The van der Waals surface area contributed by atoms with Crippen molar-refractivity contribution in [3.63, 3.8) is 0 Å². The second kappa shape index (κ2) is 5.89. The van der Waals surface area contributed by atoms with Crippen LogP contribution in [-0.4, -0.2) is 16.5 Å². The Labute approximate surface area is 112 Å². The number of rotatable bonds is 4. The Balaban J connectivity index is 2.41. The van der Waals surface area contributed by atoms with Gasteiger partial charge < -0.3 is 5.32 Å². The standard InChI is InChI=1S/C15H18FN3/c1-4-17-15(14-9-18-11(3)8-19-14)13-6-5-12(16)7-10(13)2/h5-9,15,17H,4H2,1-3H3. The van der Waals surface area contributed by atoms with Crippen LogP contribution in [0.4, 0.5) is 4.39 Å². The molecular formula is C15H18FN3. The smallest absolute Gasteiger partial charge is 0.123 e. The summed E-state index contributed by atoms with van der Waals surface area (Å²) in [4.78, 5) is 8.70. The highest BCUT2D eigenvalue weighted by Gasteiger charge is 2.17. The molecule has 0 amide bonds. The fourth-order valence-electron chi connectivity index (χ4n) is 2.09. The molecule has 0 aliphatic carbocycles. The van der Waals surface area contributed by atoms with Crippen molar-refractivity contribution in [3.8, 4) is 0 Å². The minimum Gasteiger partial charge on any atom is -0.305 e. The molecule has 2 aromatic rings. The van der Waals surface area contributed by atoms with Crippen LogP contribution in [0.3, 0.4) is 0 Å². The number of hydrogen-bond donors (Lipinski definition) is 1. The van der Waals surface area contributed by atoms with Gasteiger partial charge in [-0.15, -0.1) is 0 Å². The molecule has 4 heteroatoms. The number of nitrogens with zero attached hydrogens (tertiary/aromatic N) is 2. The zero-order valence-electron chi connectivity index (χ0n) is 11.4. The third-order valence-electron chi connectivity index (χ3n) is 3.05. The molecule has 3 nitrogen and oxygen atoms in total. The number of halogens is 1. The van der Waals surface area contributed by atoms with Crippen LogP contribution < -0.4 is 5.32 Å². The maximum atomic E-state index is 13.2. The zero-order valence-corrected chi connectivity index (χ0v) is 11.4. The van der Waals surface area contributed by atoms with Crippen molar-refractivity contribution in [2.24, 2.45) is 0 Å². The predicted molar refractivity (Wildman–Crippen MR) is 73.4 cm³/mol. The van der Waals surface area contributed by atoms with Gasteiger partial charge in [-0.1, -0.05) is 13.0 Å². The van der Waals surface area contributed by atoms with E-state index in [-0.39, 0.29) is 11.9 Å². The third-order valence-corrected chi connectivity index (χ3v) is 3.05. The first-order valence-corrected chi connectivity index (χ1v) is 6.39. The number of nitrogens with one attached hydrogen (secondary N) is 1. The van der Waals surface area contributed by atoms with E-state index in [1.165, 1.54) is 6.07 Å². The topological polar surface area (TPSA) is 37.8 Å². The maximum Gasteiger partial charge on any atom is 0.123 e. The minimum atomic E-state index is -0.216. The average Bonchev–Trinajstić information content (AvgIpc) is 2.38. The highest BCUT2D eigenvalue weighted by Crippen LogP contribution is 2.23. The summed E-state index contributed by atoms with van der Waals surface area (Å²) in [6.45, 7) is 6.65. The Hall–Kier alpha value is -1.81. The molecule has 1 aromatic carbocycles. The molecule has 19 heavy (non-hydrogen) atoms. The molecule has 1 aromatic heterocycles. The van der Waals surface area contributed by atoms with Crippen LogP contribution in [0.1, 0.15) is 35.5 Å². The summed E-state index contributed by atoms with van der Waals surface area (Å²) < 4.78 is 13.2. The fraction of sp³-hybridized carbons (Fsp3) is 0.333. The Bertz CT molecular complexity index is 552. The van der Waals surface area contributed by atoms with Crippen LogP contribution in [0.15, 0.2) is 30.6 Å². The Morgan fingerprint density at radius 1 is 1.21 bits per heavy atom. The molecule has 0 aliphatic heterocycles. The Morgan fingerprint density at radius 3 is 2.58 bits per heavy atom. The first-order valence-electron chi connectivity index (χ1n) is 6.39. The largest absolute Gasteiger partial charge is 0.305 e. The van der Waals surface area contributed by atoms with Crippen LogP contribution in [-0.2, 0) is 0 Å². The summed E-state index contributed by atoms with van der Waals surface area (Å²) in [5.41, 5.74) is 3.67. The molecule has 0 saturated carbocycles. The summed E-state index contributed by atoms with van der Waals surface area (Å²) in [5.74, 6) is -0.216. The SMILES string of the molecule is CCNC(c1cnc(C)cn1)c1ccc(F)cc1C. The van der Waals surface area contributed by atoms with Crippen molar-refractivity contribution >= 4 is 0 Å². The van der Waals surface area contributed by atoms with Crippen LogP contribution in [0.2, 0.25) is 0 Å². The molecule has 0 bridgehead atoms. The van der Waals surface area contributed by atoms with Crippen molar-refractivity contribution in [3.05, 3.63) is 58.9 Å². The van der Waals surface area contributed by atoms with E-state index in [0.717, 1.165) is 29.1 Å². The molecule has 0 spiro atoms. The van der Waals surface area contributed by atoms with Crippen molar-refractivity contribution in [2.75, 3.05) is 6.54 Å². The van der Waals surface area contributed by atoms with Gasteiger partial charge in [-0.25, -0.2) is 4.39 Å². The molecule has 0 radical (unpaired) electrons. The number of benzene rings is 1. The molecule has 0 aliphatic rings. The summed E-state index contributed by atoms with van der Waals surface area (Å²) >= 11 is 0. The van der Waals surface area contributed by atoms with Gasteiger partial charge in [0.15, 0.2) is 0 Å². The van der Waals surface area contributed by atoms with Crippen molar-refractivity contribution in [1.29, 1.82) is 0 Å². The molecule has 1 atom stereocenters. The molecule has 0 fully saturated rings. The first-order chi connectivity index (χ1) is 9.11. The first kappa shape index (κ1) is 13.6. The second-order valence-corrected chi connectivity index (χ2v) is 4.57. The second-order valence-electron chi connectivity index (χ2n) is 4.57. The van der Waals surface area contributed by atoms with Gasteiger partial charge in [0, 0.05) is 6.20 Å². The Kier molecular flexibility index (Phi) is 4.22. The van der Waals surface area contributed by atoms with E-state index in [9.17, 15) is 4.39 Å². The molecule has 1 N–H and O–H groups in total. The molecule has 2 rings (SSSR count). The van der Waals surface area contributed by atoms with Crippen LogP contribution >= 0.6 is 0 Å². The fourth-order valence-corrected chi connectivity index (χ4v) is 2.09. The minimum absolute atomic E-state index is 0.0568. The van der Waals surface area contributed by atoms with E-state index in [1.807, 2.05) is 20.8 Å². The van der Waals surface area contributed by atoms with Crippen LogP contribution in [0.25, 0.3) is 0 Å². The highest BCUT2D eigenvalue weighted by molar-refractivity contribution is 5.34. The molecule has 1 unspecified atom stereocenters. The van der Waals surface area contributed by atoms with E-state index < -0.39 is 0 Å². The lowest BCUT2D eigenvalue weighted by atomic mass is 9.98. The van der Waals surface area contributed by atoms with E-state index in [0.29, 0.717) is 0 Å². The van der Waals surface area contributed by atoms with Crippen molar-refractivity contribution in [2.45, 2.75) is 26.8 Å². The summed E-state index contributed by atoms with van der Waals surface area (Å²) in [5, 5.41) is 3.37. The summed E-state index contributed by atoms with van der Waals surface area (Å²) in [6, 6.07) is 4.77. The van der Waals surface area contributed by atoms with Gasteiger partial charge in [-0.2, -0.15) is 0 Å². The predicted octanol–water partition coefficient (Wildman–Crippen LogP) is 2.93. The molecule has 0 saturated heterocycles. The highest BCUT2D eigenvalue weighted by atomic mass is 19.1. The lowest BCUT2D eigenvalue weighted by Crippen LogP contribution is -2.24. The summed E-state index contributed by atoms with van der Waals surface area (Å²) in [6.07, 6.45) is 3.52. The third kappa shape index (κ3) is 3.15. The number of aryl methyl sites for hydroxylation is 2. The molecule has 1 heterocycles. The van der Waals surface area contributed by atoms with Crippen molar-refractivity contribution in [1.82, 2.24) is 15.3 Å². The van der Waals surface area contributed by atoms with Gasteiger partial charge in [0.1, 0.15) is 5.82 Å². The van der Waals surface area contributed by atoms with Crippen molar-refractivity contribution < 1.29 is 4.39 Å². The van der Waals surface area contributed by atoms with Gasteiger partial charge in [0.05, 0.1) is 23.6 Å². The van der Waals surface area contributed by atoms with E-state index in [4.69, 9.17) is 0 Å². The van der Waals surface area contributed by atoms with E-state index >= 15 is 0 Å². The monoisotopic (exact) mass is 259 g/mol. The average molecular weight is 259 g/mol. The van der Waals surface area contributed by atoms with Gasteiger partial charge >= 0.3 is 0 Å². The maximum absolute atomic E-state index is 13.2.